The normalized spacial score (nSPS) is 10.8. The third kappa shape index (κ3) is 2.09. The van der Waals surface area contributed by atoms with Crippen LogP contribution in [0.25, 0.3) is 33.2 Å². The zero-order chi connectivity index (χ0) is 15.8. The smallest absolute Gasteiger partial charge is 0.224 e. The Morgan fingerprint density at radius 3 is 2.61 bits per heavy atom. The molecule has 4 rings (SSSR count). The molecule has 0 aliphatic carbocycles. The number of furan rings is 1. The summed E-state index contributed by atoms with van der Waals surface area (Å²) >= 11 is 0. The molecule has 0 bridgehead atoms. The molecule has 0 atom stereocenters. The number of nitriles is 1. The molecule has 23 heavy (non-hydrogen) atoms. The number of fused-ring (bicyclic) bond motifs is 3. The molecule has 5 heteroatoms. The number of nitrogens with zero attached hydrogens (tertiary/aromatic N) is 3. The van der Waals surface area contributed by atoms with Crippen molar-refractivity contribution in [1.82, 2.24) is 9.97 Å². The minimum atomic E-state index is 0.233. The minimum Gasteiger partial charge on any atom is -0.451 e. The predicted molar refractivity (Wildman–Crippen MR) is 89.0 cm³/mol. The first-order valence-electron chi connectivity index (χ1n) is 7.17. The quantitative estimate of drug-likeness (QED) is 0.606. The van der Waals surface area contributed by atoms with Gasteiger partial charge < -0.3 is 9.73 Å². The second-order valence-corrected chi connectivity index (χ2v) is 5.11. The van der Waals surface area contributed by atoms with Gasteiger partial charge in [-0.2, -0.15) is 10.2 Å². The van der Waals surface area contributed by atoms with E-state index in [1.54, 1.807) is 7.05 Å². The van der Waals surface area contributed by atoms with E-state index in [2.05, 4.69) is 21.4 Å². The summed E-state index contributed by atoms with van der Waals surface area (Å²) in [6.45, 7) is 0. The van der Waals surface area contributed by atoms with Crippen molar-refractivity contribution in [3.63, 3.8) is 0 Å². The molecule has 0 spiro atoms. The van der Waals surface area contributed by atoms with Gasteiger partial charge in [0.25, 0.3) is 0 Å². The van der Waals surface area contributed by atoms with E-state index in [0.29, 0.717) is 22.6 Å². The van der Waals surface area contributed by atoms with Gasteiger partial charge in [-0.05, 0) is 23.3 Å². The highest BCUT2D eigenvalue weighted by molar-refractivity contribution is 6.05. The van der Waals surface area contributed by atoms with Gasteiger partial charge in [0.1, 0.15) is 17.2 Å². The zero-order valence-corrected chi connectivity index (χ0v) is 12.4. The van der Waals surface area contributed by atoms with E-state index in [1.165, 1.54) is 0 Å². The summed E-state index contributed by atoms with van der Waals surface area (Å²) in [6.07, 6.45) is 0. The lowest BCUT2D eigenvalue weighted by Gasteiger charge is -2.00. The lowest BCUT2D eigenvalue weighted by atomic mass is 10.0. The summed E-state index contributed by atoms with van der Waals surface area (Å²) < 4.78 is 5.86. The first-order chi connectivity index (χ1) is 11.3. The number of anilines is 1. The Kier molecular flexibility index (Phi) is 2.95. The number of hydrogen-bond donors (Lipinski definition) is 1. The van der Waals surface area contributed by atoms with Crippen LogP contribution in [-0.2, 0) is 0 Å². The first kappa shape index (κ1) is 13.3. The van der Waals surface area contributed by atoms with Crippen molar-refractivity contribution in [2.75, 3.05) is 12.4 Å². The molecular formula is C18H12N4O. The summed E-state index contributed by atoms with van der Waals surface area (Å²) in [5.41, 5.74) is 4.16. The van der Waals surface area contributed by atoms with E-state index < -0.39 is 0 Å². The molecule has 0 amide bonds. The van der Waals surface area contributed by atoms with Crippen molar-refractivity contribution < 1.29 is 4.42 Å². The van der Waals surface area contributed by atoms with Crippen LogP contribution >= 0.6 is 0 Å². The Morgan fingerprint density at radius 2 is 1.87 bits per heavy atom. The standard InChI is InChI=1S/C18H12N4O/c1-20-18-21-14(10-19)17-16(22-18)13-8-7-12(9-15(13)23-17)11-5-3-2-4-6-11/h2-9H,1H3,(H,20,21,22). The Labute approximate surface area is 132 Å². The third-order valence-electron chi connectivity index (χ3n) is 3.75. The van der Waals surface area contributed by atoms with Crippen molar-refractivity contribution in [2.45, 2.75) is 0 Å². The van der Waals surface area contributed by atoms with Gasteiger partial charge in [0, 0.05) is 12.4 Å². The van der Waals surface area contributed by atoms with Gasteiger partial charge in [0.15, 0.2) is 11.3 Å². The molecule has 2 aromatic heterocycles. The molecule has 0 unspecified atom stereocenters. The molecular weight excluding hydrogens is 288 g/mol. The molecule has 4 aromatic rings. The van der Waals surface area contributed by atoms with E-state index in [4.69, 9.17) is 4.42 Å². The van der Waals surface area contributed by atoms with Crippen LogP contribution in [0.1, 0.15) is 5.69 Å². The maximum absolute atomic E-state index is 9.29. The number of aromatic nitrogens is 2. The van der Waals surface area contributed by atoms with Gasteiger partial charge >= 0.3 is 0 Å². The molecule has 2 heterocycles. The fraction of sp³-hybridized carbons (Fsp3) is 0.0556. The molecule has 5 nitrogen and oxygen atoms in total. The van der Waals surface area contributed by atoms with Gasteiger partial charge in [-0.3, -0.25) is 0 Å². The average molecular weight is 300 g/mol. The summed E-state index contributed by atoms with van der Waals surface area (Å²) in [5, 5.41) is 13.0. The summed E-state index contributed by atoms with van der Waals surface area (Å²) in [6, 6.07) is 18.1. The second kappa shape index (κ2) is 5.11. The van der Waals surface area contributed by atoms with E-state index >= 15 is 0 Å². The van der Waals surface area contributed by atoms with Crippen molar-refractivity contribution in [2.24, 2.45) is 0 Å². The van der Waals surface area contributed by atoms with Gasteiger partial charge in [-0.15, -0.1) is 0 Å². The van der Waals surface area contributed by atoms with Crippen molar-refractivity contribution in [3.05, 3.63) is 54.2 Å². The largest absolute Gasteiger partial charge is 0.451 e. The molecule has 1 N–H and O–H groups in total. The van der Waals surface area contributed by atoms with E-state index in [1.807, 2.05) is 48.5 Å². The summed E-state index contributed by atoms with van der Waals surface area (Å²) in [5.74, 6) is 0.406. The van der Waals surface area contributed by atoms with Crippen LogP contribution in [0, 0.1) is 11.3 Å². The van der Waals surface area contributed by atoms with Crippen LogP contribution in [0.4, 0.5) is 5.95 Å². The number of nitrogens with one attached hydrogen (secondary N) is 1. The molecule has 0 fully saturated rings. The van der Waals surface area contributed by atoms with Crippen molar-refractivity contribution in [1.29, 1.82) is 5.26 Å². The predicted octanol–water partition coefficient (Wildman–Crippen LogP) is 3.96. The van der Waals surface area contributed by atoms with E-state index in [9.17, 15) is 5.26 Å². The Bertz CT molecular complexity index is 1060. The van der Waals surface area contributed by atoms with Gasteiger partial charge in [0.2, 0.25) is 5.95 Å². The van der Waals surface area contributed by atoms with Gasteiger partial charge in [-0.25, -0.2) is 4.98 Å². The van der Waals surface area contributed by atoms with E-state index in [-0.39, 0.29) is 5.69 Å². The fourth-order valence-corrected chi connectivity index (χ4v) is 2.64. The van der Waals surface area contributed by atoms with Crippen LogP contribution in [0.2, 0.25) is 0 Å². The van der Waals surface area contributed by atoms with Crippen molar-refractivity contribution >= 4 is 28.0 Å². The lowest BCUT2D eigenvalue weighted by Crippen LogP contribution is -1.98. The van der Waals surface area contributed by atoms with Crippen LogP contribution in [0.5, 0.6) is 0 Å². The van der Waals surface area contributed by atoms with Crippen LogP contribution in [-0.4, -0.2) is 17.0 Å². The third-order valence-corrected chi connectivity index (χ3v) is 3.75. The number of benzene rings is 2. The monoisotopic (exact) mass is 300 g/mol. The summed E-state index contributed by atoms with van der Waals surface area (Å²) in [4.78, 5) is 8.56. The molecule has 110 valence electrons. The fourth-order valence-electron chi connectivity index (χ4n) is 2.64. The van der Waals surface area contributed by atoms with Crippen molar-refractivity contribution in [3.8, 4) is 17.2 Å². The lowest BCUT2D eigenvalue weighted by molar-refractivity contribution is 0.664. The SMILES string of the molecule is CNc1nc(C#N)c2oc3cc(-c4ccccc4)ccc3c2n1. The van der Waals surface area contributed by atoms with Gasteiger partial charge in [-0.1, -0.05) is 36.4 Å². The molecule has 2 aromatic carbocycles. The minimum absolute atomic E-state index is 0.233. The highest BCUT2D eigenvalue weighted by atomic mass is 16.3. The van der Waals surface area contributed by atoms with Gasteiger partial charge in [0.05, 0.1) is 0 Å². The van der Waals surface area contributed by atoms with E-state index in [0.717, 1.165) is 16.5 Å². The first-order valence-corrected chi connectivity index (χ1v) is 7.17. The second-order valence-electron chi connectivity index (χ2n) is 5.11. The van der Waals surface area contributed by atoms with Crippen LogP contribution in [0.3, 0.4) is 0 Å². The Balaban J connectivity index is 2.00. The average Bonchev–Trinajstić information content (AvgIpc) is 2.99. The summed E-state index contributed by atoms with van der Waals surface area (Å²) in [7, 11) is 1.72. The zero-order valence-electron chi connectivity index (χ0n) is 12.4. The maximum Gasteiger partial charge on any atom is 0.224 e. The highest BCUT2D eigenvalue weighted by Crippen LogP contribution is 2.32. The maximum atomic E-state index is 9.29. The van der Waals surface area contributed by atoms with Crippen LogP contribution < -0.4 is 5.32 Å². The number of rotatable bonds is 2. The highest BCUT2D eigenvalue weighted by Gasteiger charge is 2.15. The molecule has 0 saturated heterocycles. The Hall–Kier alpha value is -3.39. The molecule has 0 radical (unpaired) electrons. The Morgan fingerprint density at radius 1 is 1.04 bits per heavy atom. The molecule has 0 saturated carbocycles. The molecule has 0 aliphatic heterocycles. The number of hydrogen-bond acceptors (Lipinski definition) is 5. The molecule has 0 aliphatic rings. The van der Waals surface area contributed by atoms with Crippen LogP contribution in [0.15, 0.2) is 52.9 Å². The topological polar surface area (TPSA) is 74.7 Å².